The molecule has 1 atom stereocenters. The minimum absolute atomic E-state index is 0.432. The molecule has 1 N–H and O–H groups in total. The van der Waals surface area contributed by atoms with Gasteiger partial charge in [-0.2, -0.15) is 0 Å². The quantitative estimate of drug-likeness (QED) is 0.884. The van der Waals surface area contributed by atoms with Gasteiger partial charge in [0.2, 0.25) is 0 Å². The van der Waals surface area contributed by atoms with E-state index in [1.54, 1.807) is 19.0 Å². The first-order chi connectivity index (χ1) is 10.1. The largest absolute Gasteiger partial charge is 0.480 e. The Bertz CT molecular complexity index is 576. The molecule has 2 rings (SSSR count). The summed E-state index contributed by atoms with van der Waals surface area (Å²) in [5, 5.41) is 9.17. The molecule has 0 aromatic heterocycles. The van der Waals surface area contributed by atoms with Crippen molar-refractivity contribution in [1.82, 2.24) is 4.90 Å². The van der Waals surface area contributed by atoms with Crippen LogP contribution in [0, 0.1) is 0 Å². The highest BCUT2D eigenvalue weighted by atomic mass is 16.4. The average Bonchev–Trinajstić information content (AvgIpc) is 2.48. The Morgan fingerprint density at radius 1 is 1.00 bits per heavy atom. The maximum Gasteiger partial charge on any atom is 0.320 e. The molecule has 0 saturated carbocycles. The van der Waals surface area contributed by atoms with Crippen LogP contribution in [-0.4, -0.2) is 36.1 Å². The minimum Gasteiger partial charge on any atom is -0.480 e. The summed E-state index contributed by atoms with van der Waals surface area (Å²) in [5.74, 6) is -0.763. The third kappa shape index (κ3) is 4.17. The Morgan fingerprint density at radius 2 is 1.57 bits per heavy atom. The first-order valence-corrected chi connectivity index (χ1v) is 7.11. The lowest BCUT2D eigenvalue weighted by atomic mass is 10.0. The van der Waals surface area contributed by atoms with Crippen LogP contribution in [0.15, 0.2) is 54.6 Å². The summed E-state index contributed by atoms with van der Waals surface area (Å²) in [7, 11) is 3.61. The summed E-state index contributed by atoms with van der Waals surface area (Å²) in [6.07, 6.45) is 1.39. The minimum atomic E-state index is -0.763. The summed E-state index contributed by atoms with van der Waals surface area (Å²) in [4.78, 5) is 12.9. The summed E-state index contributed by atoms with van der Waals surface area (Å²) < 4.78 is 0. The zero-order chi connectivity index (χ0) is 15.2. The van der Waals surface area contributed by atoms with E-state index >= 15 is 0 Å². The molecular formula is C18H21NO2. The first kappa shape index (κ1) is 15.3. The van der Waals surface area contributed by atoms with Crippen molar-refractivity contribution in [2.24, 2.45) is 0 Å². The van der Waals surface area contributed by atoms with E-state index in [9.17, 15) is 9.90 Å². The number of carbonyl (C=O) groups is 1. The molecule has 0 bridgehead atoms. The third-order valence-corrected chi connectivity index (χ3v) is 3.68. The Balaban J connectivity index is 2.01. The van der Waals surface area contributed by atoms with Crippen molar-refractivity contribution in [3.05, 3.63) is 60.2 Å². The number of aryl methyl sites for hydroxylation is 1. The molecule has 0 aliphatic carbocycles. The summed E-state index contributed by atoms with van der Waals surface area (Å²) in [6, 6.07) is 18.1. The highest BCUT2D eigenvalue weighted by Crippen LogP contribution is 2.20. The van der Waals surface area contributed by atoms with Crippen molar-refractivity contribution >= 4 is 5.97 Å². The number of carboxylic acids is 1. The van der Waals surface area contributed by atoms with Crippen molar-refractivity contribution in [3.8, 4) is 11.1 Å². The van der Waals surface area contributed by atoms with Gasteiger partial charge in [-0.05, 0) is 43.6 Å². The molecule has 0 spiro atoms. The molecule has 0 heterocycles. The molecule has 0 saturated heterocycles. The number of nitrogens with zero attached hydrogens (tertiary/aromatic N) is 1. The van der Waals surface area contributed by atoms with Crippen LogP contribution in [-0.2, 0) is 11.2 Å². The van der Waals surface area contributed by atoms with Gasteiger partial charge in [-0.3, -0.25) is 9.69 Å². The second-order valence-corrected chi connectivity index (χ2v) is 5.42. The number of benzene rings is 2. The monoisotopic (exact) mass is 283 g/mol. The van der Waals surface area contributed by atoms with Gasteiger partial charge in [0.05, 0.1) is 0 Å². The van der Waals surface area contributed by atoms with Crippen molar-refractivity contribution in [1.29, 1.82) is 0 Å². The van der Waals surface area contributed by atoms with E-state index in [-0.39, 0.29) is 0 Å². The molecule has 0 amide bonds. The van der Waals surface area contributed by atoms with Gasteiger partial charge in [-0.25, -0.2) is 0 Å². The zero-order valence-corrected chi connectivity index (χ0v) is 12.5. The third-order valence-electron chi connectivity index (χ3n) is 3.68. The van der Waals surface area contributed by atoms with Gasteiger partial charge >= 0.3 is 5.97 Å². The van der Waals surface area contributed by atoms with Gasteiger partial charge in [0.25, 0.3) is 0 Å². The zero-order valence-electron chi connectivity index (χ0n) is 12.5. The molecular weight excluding hydrogens is 262 g/mol. The topological polar surface area (TPSA) is 40.5 Å². The molecule has 2 aromatic rings. The lowest BCUT2D eigenvalue weighted by Crippen LogP contribution is -2.35. The van der Waals surface area contributed by atoms with Crippen molar-refractivity contribution in [2.75, 3.05) is 14.1 Å². The number of aliphatic carboxylic acids is 1. The van der Waals surface area contributed by atoms with Gasteiger partial charge in [-0.1, -0.05) is 54.6 Å². The predicted molar refractivity (Wildman–Crippen MR) is 85.3 cm³/mol. The maximum absolute atomic E-state index is 11.2. The van der Waals surface area contributed by atoms with Crippen LogP contribution >= 0.6 is 0 Å². The number of rotatable bonds is 6. The van der Waals surface area contributed by atoms with E-state index in [2.05, 4.69) is 36.4 Å². The normalized spacial score (nSPS) is 12.3. The maximum atomic E-state index is 11.2. The van der Waals surface area contributed by atoms with Crippen LogP contribution in [0.5, 0.6) is 0 Å². The molecule has 0 aliphatic heterocycles. The van der Waals surface area contributed by atoms with Gasteiger partial charge < -0.3 is 5.11 Å². The molecule has 0 radical (unpaired) electrons. The van der Waals surface area contributed by atoms with E-state index in [4.69, 9.17) is 0 Å². The number of hydrogen-bond acceptors (Lipinski definition) is 2. The Hall–Kier alpha value is -2.13. The Labute approximate surface area is 125 Å². The van der Waals surface area contributed by atoms with E-state index in [0.717, 1.165) is 6.42 Å². The van der Waals surface area contributed by atoms with Gasteiger partial charge in [-0.15, -0.1) is 0 Å². The second kappa shape index (κ2) is 7.04. The molecule has 3 nitrogen and oxygen atoms in total. The number of likely N-dealkylation sites (N-methyl/N-ethyl adjacent to an activating group) is 1. The highest BCUT2D eigenvalue weighted by molar-refractivity contribution is 5.73. The van der Waals surface area contributed by atoms with Crippen LogP contribution in [0.3, 0.4) is 0 Å². The SMILES string of the molecule is CN(C)C(CCc1ccc(-c2ccccc2)cc1)C(=O)O. The molecule has 110 valence electrons. The fourth-order valence-corrected chi connectivity index (χ4v) is 2.40. The highest BCUT2D eigenvalue weighted by Gasteiger charge is 2.19. The van der Waals surface area contributed by atoms with Crippen LogP contribution in [0.1, 0.15) is 12.0 Å². The number of carboxylic acid groups (broad SMARTS) is 1. The predicted octanol–water partition coefficient (Wildman–Crippen LogP) is 3.30. The average molecular weight is 283 g/mol. The van der Waals surface area contributed by atoms with E-state index in [1.165, 1.54) is 16.7 Å². The van der Waals surface area contributed by atoms with Crippen LogP contribution in [0.2, 0.25) is 0 Å². The van der Waals surface area contributed by atoms with Gasteiger partial charge in [0.15, 0.2) is 0 Å². The lowest BCUT2D eigenvalue weighted by Gasteiger charge is -2.19. The molecule has 0 aliphatic rings. The summed E-state index contributed by atoms with van der Waals surface area (Å²) in [6.45, 7) is 0. The first-order valence-electron chi connectivity index (χ1n) is 7.11. The number of hydrogen-bond donors (Lipinski definition) is 1. The Morgan fingerprint density at radius 3 is 2.10 bits per heavy atom. The second-order valence-electron chi connectivity index (χ2n) is 5.42. The van der Waals surface area contributed by atoms with Crippen molar-refractivity contribution in [3.63, 3.8) is 0 Å². The Kier molecular flexibility index (Phi) is 5.12. The molecule has 0 fully saturated rings. The smallest absolute Gasteiger partial charge is 0.320 e. The molecule has 21 heavy (non-hydrogen) atoms. The lowest BCUT2D eigenvalue weighted by molar-refractivity contribution is -0.142. The van der Waals surface area contributed by atoms with Gasteiger partial charge in [0, 0.05) is 0 Å². The van der Waals surface area contributed by atoms with E-state index < -0.39 is 12.0 Å². The van der Waals surface area contributed by atoms with E-state index in [0.29, 0.717) is 6.42 Å². The van der Waals surface area contributed by atoms with Crippen molar-refractivity contribution < 1.29 is 9.90 Å². The summed E-state index contributed by atoms with van der Waals surface area (Å²) in [5.41, 5.74) is 3.55. The summed E-state index contributed by atoms with van der Waals surface area (Å²) >= 11 is 0. The van der Waals surface area contributed by atoms with Gasteiger partial charge in [0.1, 0.15) is 6.04 Å². The standard InChI is InChI=1S/C18H21NO2/c1-19(2)17(18(20)21)13-10-14-8-11-16(12-9-14)15-6-4-3-5-7-15/h3-9,11-12,17H,10,13H2,1-2H3,(H,20,21). The van der Waals surface area contributed by atoms with E-state index in [1.807, 2.05) is 18.2 Å². The van der Waals surface area contributed by atoms with Crippen molar-refractivity contribution in [2.45, 2.75) is 18.9 Å². The fourth-order valence-electron chi connectivity index (χ4n) is 2.40. The molecule has 3 heteroatoms. The fraction of sp³-hybridized carbons (Fsp3) is 0.278. The molecule has 1 unspecified atom stereocenters. The van der Waals surface area contributed by atoms with Crippen LogP contribution in [0.4, 0.5) is 0 Å². The van der Waals surface area contributed by atoms with Crippen LogP contribution in [0.25, 0.3) is 11.1 Å². The molecule has 2 aromatic carbocycles. The van der Waals surface area contributed by atoms with Crippen LogP contribution < -0.4 is 0 Å².